The first-order valence-electron chi connectivity index (χ1n) is 7.65. The molecule has 0 saturated carbocycles. The third kappa shape index (κ3) is 6.16. The summed E-state index contributed by atoms with van der Waals surface area (Å²) < 4.78 is 5.13. The summed E-state index contributed by atoms with van der Waals surface area (Å²) in [5, 5.41) is 11.5. The molecule has 0 fully saturated rings. The topological polar surface area (TPSA) is 75.6 Å². The molecule has 1 atom stereocenters. The first-order valence-corrected chi connectivity index (χ1v) is 7.65. The highest BCUT2D eigenvalue weighted by Crippen LogP contribution is 2.18. The molecule has 0 saturated heterocycles. The Bertz CT molecular complexity index is 499. The second-order valence-electron chi connectivity index (χ2n) is 5.69. The summed E-state index contributed by atoms with van der Waals surface area (Å²) in [6.07, 6.45) is 1.86. The van der Waals surface area contributed by atoms with Crippen molar-refractivity contribution in [1.29, 1.82) is 0 Å². The lowest BCUT2D eigenvalue weighted by Gasteiger charge is -2.19. The molecule has 122 valence electrons. The van der Waals surface area contributed by atoms with Crippen LogP contribution in [-0.4, -0.2) is 23.6 Å². The minimum absolute atomic E-state index is 0.0245. The number of carboxylic acid groups (broad SMARTS) is 1. The van der Waals surface area contributed by atoms with Gasteiger partial charge in [-0.25, -0.2) is 4.79 Å². The Labute approximate surface area is 131 Å². The molecule has 1 amide bonds. The van der Waals surface area contributed by atoms with Crippen LogP contribution in [0.3, 0.4) is 0 Å². The number of aliphatic carboxylic acids is 1. The van der Waals surface area contributed by atoms with Gasteiger partial charge in [-0.15, -0.1) is 0 Å². The van der Waals surface area contributed by atoms with Crippen LogP contribution in [0.4, 0.5) is 0 Å². The molecule has 1 rings (SSSR count). The third-order valence-corrected chi connectivity index (χ3v) is 3.47. The minimum Gasteiger partial charge on any atom is -0.482 e. The summed E-state index contributed by atoms with van der Waals surface area (Å²) >= 11 is 0. The van der Waals surface area contributed by atoms with Gasteiger partial charge in [-0.1, -0.05) is 39.3 Å². The average Bonchev–Trinajstić information content (AvgIpc) is 2.48. The first kappa shape index (κ1) is 18.0. The van der Waals surface area contributed by atoms with E-state index in [9.17, 15) is 9.59 Å². The molecule has 0 aliphatic heterocycles. The number of carbonyl (C=O) groups excluding carboxylic acids is 1. The number of ether oxygens (including phenoxy) is 1. The van der Waals surface area contributed by atoms with Gasteiger partial charge in [0.15, 0.2) is 6.61 Å². The van der Waals surface area contributed by atoms with Crippen molar-refractivity contribution in [3.8, 4) is 5.75 Å². The van der Waals surface area contributed by atoms with Crippen molar-refractivity contribution in [2.45, 2.75) is 40.2 Å². The molecule has 22 heavy (non-hydrogen) atoms. The van der Waals surface area contributed by atoms with Crippen LogP contribution in [0.2, 0.25) is 0 Å². The molecule has 5 heteroatoms. The van der Waals surface area contributed by atoms with E-state index in [0.29, 0.717) is 18.2 Å². The number of carboxylic acids is 1. The van der Waals surface area contributed by atoms with E-state index in [1.165, 1.54) is 0 Å². The molecule has 0 aliphatic carbocycles. The van der Waals surface area contributed by atoms with Gasteiger partial charge in [0.25, 0.3) is 0 Å². The number of carbonyl (C=O) groups is 2. The highest BCUT2D eigenvalue weighted by molar-refractivity contribution is 5.78. The number of amides is 1. The largest absolute Gasteiger partial charge is 0.482 e. The van der Waals surface area contributed by atoms with E-state index in [4.69, 9.17) is 9.84 Å². The maximum Gasteiger partial charge on any atom is 0.341 e. The Kier molecular flexibility index (Phi) is 7.43. The normalized spacial score (nSPS) is 12.0. The second-order valence-corrected chi connectivity index (χ2v) is 5.69. The molecule has 0 aliphatic rings. The SMILES string of the molecule is CCCC(C(=O)NCc1cccc(OCC(=O)O)c1)C(C)C. The van der Waals surface area contributed by atoms with E-state index in [1.54, 1.807) is 18.2 Å². The molecule has 1 aromatic carbocycles. The van der Waals surface area contributed by atoms with E-state index >= 15 is 0 Å². The summed E-state index contributed by atoms with van der Waals surface area (Å²) in [5.74, 6) is -0.128. The van der Waals surface area contributed by atoms with E-state index < -0.39 is 5.97 Å². The van der Waals surface area contributed by atoms with Gasteiger partial charge in [0, 0.05) is 12.5 Å². The molecule has 0 spiro atoms. The van der Waals surface area contributed by atoms with Gasteiger partial charge in [-0.05, 0) is 30.0 Å². The summed E-state index contributed by atoms with van der Waals surface area (Å²) in [6.45, 7) is 6.23. The number of hydrogen-bond acceptors (Lipinski definition) is 3. The van der Waals surface area contributed by atoms with E-state index in [2.05, 4.69) is 26.1 Å². The lowest BCUT2D eigenvalue weighted by atomic mass is 9.90. The quantitative estimate of drug-likeness (QED) is 0.735. The van der Waals surface area contributed by atoms with Crippen LogP contribution in [0.5, 0.6) is 5.75 Å². The summed E-state index contributed by atoms with van der Waals surface area (Å²) in [4.78, 5) is 22.7. The summed E-state index contributed by atoms with van der Waals surface area (Å²) in [5.41, 5.74) is 0.884. The summed E-state index contributed by atoms with van der Waals surface area (Å²) in [6, 6.07) is 7.10. The number of benzene rings is 1. The fourth-order valence-electron chi connectivity index (χ4n) is 2.29. The van der Waals surface area contributed by atoms with Gasteiger partial charge in [-0.3, -0.25) is 4.79 Å². The van der Waals surface area contributed by atoms with Crippen molar-refractivity contribution < 1.29 is 19.4 Å². The zero-order chi connectivity index (χ0) is 16.5. The standard InChI is InChI=1S/C17H25NO4/c1-4-6-15(12(2)3)17(21)18-10-13-7-5-8-14(9-13)22-11-16(19)20/h5,7-9,12,15H,4,6,10-11H2,1-3H3,(H,18,21)(H,19,20). The minimum atomic E-state index is -1.02. The van der Waals surface area contributed by atoms with Gasteiger partial charge in [-0.2, -0.15) is 0 Å². The Morgan fingerprint density at radius 2 is 2.05 bits per heavy atom. The number of hydrogen-bond donors (Lipinski definition) is 2. The van der Waals surface area contributed by atoms with Crippen LogP contribution in [-0.2, 0) is 16.1 Å². The van der Waals surface area contributed by atoms with Crippen LogP contribution < -0.4 is 10.1 Å². The molecule has 0 aromatic heterocycles. The van der Waals surface area contributed by atoms with Crippen molar-refractivity contribution in [3.05, 3.63) is 29.8 Å². The van der Waals surface area contributed by atoms with Crippen LogP contribution in [0.25, 0.3) is 0 Å². The Morgan fingerprint density at radius 1 is 1.32 bits per heavy atom. The number of nitrogens with one attached hydrogen (secondary N) is 1. The Balaban J connectivity index is 2.58. The maximum absolute atomic E-state index is 12.2. The third-order valence-electron chi connectivity index (χ3n) is 3.47. The van der Waals surface area contributed by atoms with Crippen LogP contribution in [0.1, 0.15) is 39.2 Å². The highest BCUT2D eigenvalue weighted by atomic mass is 16.5. The Morgan fingerprint density at radius 3 is 2.64 bits per heavy atom. The van der Waals surface area contributed by atoms with Gasteiger partial charge < -0.3 is 15.2 Å². The Hall–Kier alpha value is -2.04. The molecule has 0 bridgehead atoms. The maximum atomic E-state index is 12.2. The molecular weight excluding hydrogens is 282 g/mol. The zero-order valence-corrected chi connectivity index (χ0v) is 13.5. The molecule has 1 unspecified atom stereocenters. The second kappa shape index (κ2) is 9.07. The molecule has 0 radical (unpaired) electrons. The van der Waals surface area contributed by atoms with Crippen molar-refractivity contribution in [3.63, 3.8) is 0 Å². The van der Waals surface area contributed by atoms with Gasteiger partial charge in [0.05, 0.1) is 0 Å². The van der Waals surface area contributed by atoms with Crippen LogP contribution >= 0.6 is 0 Å². The molecule has 0 heterocycles. The fourth-order valence-corrected chi connectivity index (χ4v) is 2.29. The molecule has 2 N–H and O–H groups in total. The van der Waals surface area contributed by atoms with Crippen LogP contribution in [0, 0.1) is 11.8 Å². The van der Waals surface area contributed by atoms with Crippen molar-refractivity contribution in [2.75, 3.05) is 6.61 Å². The first-order chi connectivity index (χ1) is 10.4. The number of rotatable bonds is 9. The average molecular weight is 307 g/mol. The van der Waals surface area contributed by atoms with Gasteiger partial charge >= 0.3 is 5.97 Å². The highest BCUT2D eigenvalue weighted by Gasteiger charge is 2.20. The monoisotopic (exact) mass is 307 g/mol. The van der Waals surface area contributed by atoms with Crippen molar-refractivity contribution >= 4 is 11.9 Å². The lowest BCUT2D eigenvalue weighted by Crippen LogP contribution is -2.33. The lowest BCUT2D eigenvalue weighted by molar-refractivity contribution is -0.139. The van der Waals surface area contributed by atoms with Gasteiger partial charge in [0.1, 0.15) is 5.75 Å². The predicted molar refractivity (Wildman–Crippen MR) is 84.7 cm³/mol. The van der Waals surface area contributed by atoms with Crippen molar-refractivity contribution in [1.82, 2.24) is 5.32 Å². The molecule has 1 aromatic rings. The predicted octanol–water partition coefficient (Wildman–Crippen LogP) is 2.84. The van der Waals surface area contributed by atoms with E-state index in [1.807, 2.05) is 6.07 Å². The fraction of sp³-hybridized carbons (Fsp3) is 0.529. The van der Waals surface area contributed by atoms with Crippen molar-refractivity contribution in [2.24, 2.45) is 11.8 Å². The molecular formula is C17H25NO4. The van der Waals surface area contributed by atoms with Gasteiger partial charge in [0.2, 0.25) is 5.91 Å². The zero-order valence-electron chi connectivity index (χ0n) is 13.5. The van der Waals surface area contributed by atoms with E-state index in [-0.39, 0.29) is 18.4 Å². The van der Waals surface area contributed by atoms with E-state index in [0.717, 1.165) is 18.4 Å². The van der Waals surface area contributed by atoms with Crippen LogP contribution in [0.15, 0.2) is 24.3 Å². The smallest absolute Gasteiger partial charge is 0.341 e. The molecule has 5 nitrogen and oxygen atoms in total. The summed E-state index contributed by atoms with van der Waals surface area (Å²) in [7, 11) is 0.